The molecule has 2 amide bonds. The van der Waals surface area contributed by atoms with Crippen molar-refractivity contribution in [3.05, 3.63) is 70.4 Å². The third-order valence-corrected chi connectivity index (χ3v) is 4.77. The molecular formula is C18H15N3O5S. The summed E-state index contributed by atoms with van der Waals surface area (Å²) in [7, 11) is 0. The zero-order valence-corrected chi connectivity index (χ0v) is 14.8. The molecule has 0 fully saturated rings. The minimum absolute atomic E-state index is 0.0375. The lowest BCUT2D eigenvalue weighted by atomic mass is 10.3. The Bertz CT molecular complexity index is 910. The van der Waals surface area contributed by atoms with Crippen LogP contribution in [0.4, 0.5) is 11.4 Å². The number of nitro groups is 1. The molecule has 0 aromatic heterocycles. The molecular weight excluding hydrogens is 370 g/mol. The number of hydrogen-bond donors (Lipinski definition) is 2. The molecule has 0 saturated carbocycles. The summed E-state index contributed by atoms with van der Waals surface area (Å²) < 4.78 is 0. The van der Waals surface area contributed by atoms with E-state index in [1.807, 2.05) is 12.1 Å². The highest BCUT2D eigenvalue weighted by atomic mass is 32.2. The maximum atomic E-state index is 12.1. The van der Waals surface area contributed by atoms with E-state index in [0.717, 1.165) is 14.7 Å². The Balaban J connectivity index is 1.64. The number of benzene rings is 2. The van der Waals surface area contributed by atoms with Gasteiger partial charge in [-0.3, -0.25) is 24.6 Å². The number of anilines is 1. The SMILES string of the molecule is O=C1C=C(Nc2ccc(Sc3ccc([N+](=O)[O-])cc3)cc2)C(=O)N1CCO. The summed E-state index contributed by atoms with van der Waals surface area (Å²) in [6.07, 6.45) is 1.21. The minimum Gasteiger partial charge on any atom is -0.395 e. The highest BCUT2D eigenvalue weighted by Gasteiger charge is 2.30. The Morgan fingerprint density at radius 1 is 1.04 bits per heavy atom. The number of non-ortho nitro benzene ring substituents is 1. The van der Waals surface area contributed by atoms with Crippen LogP contribution in [0.25, 0.3) is 0 Å². The number of β-amino-alcohol motifs (C(OH)–C–C–N with tert-alkyl or cyclic N) is 1. The number of nitro benzene ring substituents is 1. The lowest BCUT2D eigenvalue weighted by Gasteiger charge is -2.13. The van der Waals surface area contributed by atoms with Crippen LogP contribution in [-0.4, -0.2) is 39.9 Å². The molecule has 0 bridgehead atoms. The quantitative estimate of drug-likeness (QED) is 0.427. The number of carbonyl (C=O) groups is 2. The number of aliphatic hydroxyl groups excluding tert-OH is 1. The van der Waals surface area contributed by atoms with Crippen molar-refractivity contribution < 1.29 is 19.6 Å². The molecule has 0 spiro atoms. The summed E-state index contributed by atoms with van der Waals surface area (Å²) in [6.45, 7) is -0.322. The average molecular weight is 385 g/mol. The molecule has 0 aliphatic carbocycles. The van der Waals surface area contributed by atoms with Gasteiger partial charge < -0.3 is 10.4 Å². The van der Waals surface area contributed by atoms with E-state index in [2.05, 4.69) is 5.32 Å². The van der Waals surface area contributed by atoms with Crippen LogP contribution in [-0.2, 0) is 9.59 Å². The van der Waals surface area contributed by atoms with Crippen molar-refractivity contribution in [2.45, 2.75) is 9.79 Å². The van der Waals surface area contributed by atoms with Crippen LogP contribution in [0.2, 0.25) is 0 Å². The summed E-state index contributed by atoms with van der Waals surface area (Å²) in [4.78, 5) is 36.8. The number of nitrogens with zero attached hydrogens (tertiary/aromatic N) is 2. The van der Waals surface area contributed by atoms with Crippen LogP contribution in [0, 0.1) is 10.1 Å². The van der Waals surface area contributed by atoms with Gasteiger partial charge in [-0.15, -0.1) is 0 Å². The fourth-order valence-electron chi connectivity index (χ4n) is 2.44. The smallest absolute Gasteiger partial charge is 0.277 e. The lowest BCUT2D eigenvalue weighted by Crippen LogP contribution is -2.34. The number of imide groups is 1. The third kappa shape index (κ3) is 4.33. The van der Waals surface area contributed by atoms with E-state index >= 15 is 0 Å². The monoisotopic (exact) mass is 385 g/mol. The molecule has 0 unspecified atom stereocenters. The lowest BCUT2D eigenvalue weighted by molar-refractivity contribution is -0.384. The van der Waals surface area contributed by atoms with Crippen molar-refractivity contribution in [1.29, 1.82) is 0 Å². The van der Waals surface area contributed by atoms with E-state index in [0.29, 0.717) is 5.69 Å². The first-order valence-corrected chi connectivity index (χ1v) is 8.77. The minimum atomic E-state index is -0.474. The van der Waals surface area contributed by atoms with Gasteiger partial charge >= 0.3 is 0 Å². The topological polar surface area (TPSA) is 113 Å². The number of amides is 2. The zero-order chi connectivity index (χ0) is 19.4. The Kier molecular flexibility index (Phi) is 5.53. The zero-order valence-electron chi connectivity index (χ0n) is 14.0. The number of hydrogen-bond acceptors (Lipinski definition) is 7. The summed E-state index contributed by atoms with van der Waals surface area (Å²) in [6, 6.07) is 13.5. The van der Waals surface area contributed by atoms with Crippen molar-refractivity contribution in [3.8, 4) is 0 Å². The van der Waals surface area contributed by atoms with E-state index in [-0.39, 0.29) is 24.5 Å². The highest BCUT2D eigenvalue weighted by Crippen LogP contribution is 2.30. The van der Waals surface area contributed by atoms with Crippen LogP contribution in [0.1, 0.15) is 0 Å². The molecule has 0 saturated heterocycles. The summed E-state index contributed by atoms with van der Waals surface area (Å²) in [5, 5.41) is 22.5. The van der Waals surface area contributed by atoms with Gasteiger partial charge in [0.2, 0.25) is 0 Å². The molecule has 27 heavy (non-hydrogen) atoms. The molecule has 2 aromatic carbocycles. The van der Waals surface area contributed by atoms with Gasteiger partial charge in [0.25, 0.3) is 17.5 Å². The number of nitrogens with one attached hydrogen (secondary N) is 1. The highest BCUT2D eigenvalue weighted by molar-refractivity contribution is 7.99. The van der Waals surface area contributed by atoms with Crippen molar-refractivity contribution in [2.75, 3.05) is 18.5 Å². The van der Waals surface area contributed by atoms with E-state index in [1.54, 1.807) is 24.3 Å². The Labute approximate surface area is 158 Å². The normalized spacial score (nSPS) is 13.7. The first-order chi connectivity index (χ1) is 13.0. The molecule has 1 aliphatic rings. The van der Waals surface area contributed by atoms with E-state index in [4.69, 9.17) is 5.11 Å². The number of carbonyl (C=O) groups excluding carboxylic acids is 2. The van der Waals surface area contributed by atoms with Gasteiger partial charge in [0, 0.05) is 33.7 Å². The van der Waals surface area contributed by atoms with Gasteiger partial charge in [-0.05, 0) is 36.4 Å². The Morgan fingerprint density at radius 3 is 2.19 bits per heavy atom. The summed E-state index contributed by atoms with van der Waals surface area (Å²) >= 11 is 1.45. The standard InChI is InChI=1S/C18H15N3O5S/c22-10-9-20-17(23)11-16(18(20)24)19-12-1-5-14(6-2-12)27-15-7-3-13(4-8-15)21(25)26/h1-8,11,19,22H,9-10H2. The maximum absolute atomic E-state index is 12.1. The van der Waals surface area contributed by atoms with Crippen molar-refractivity contribution in [1.82, 2.24) is 4.90 Å². The molecule has 8 nitrogen and oxygen atoms in total. The van der Waals surface area contributed by atoms with Gasteiger partial charge in [-0.2, -0.15) is 0 Å². The van der Waals surface area contributed by atoms with Gasteiger partial charge in [0.05, 0.1) is 18.1 Å². The summed E-state index contributed by atoms with van der Waals surface area (Å²) in [5.74, 6) is -0.930. The third-order valence-electron chi connectivity index (χ3n) is 3.75. The van der Waals surface area contributed by atoms with Gasteiger partial charge in [0.1, 0.15) is 5.70 Å². The molecule has 1 aliphatic heterocycles. The average Bonchev–Trinajstić information content (AvgIpc) is 2.91. The van der Waals surface area contributed by atoms with Crippen molar-refractivity contribution in [3.63, 3.8) is 0 Å². The van der Waals surface area contributed by atoms with Crippen LogP contribution >= 0.6 is 11.8 Å². The number of aliphatic hydroxyl groups is 1. The molecule has 138 valence electrons. The molecule has 0 radical (unpaired) electrons. The Hall–Kier alpha value is -3.17. The maximum Gasteiger partial charge on any atom is 0.277 e. The molecule has 0 atom stereocenters. The second-order valence-electron chi connectivity index (χ2n) is 5.58. The summed E-state index contributed by atoms with van der Waals surface area (Å²) in [5.41, 5.74) is 0.837. The second kappa shape index (κ2) is 8.02. The van der Waals surface area contributed by atoms with Gasteiger partial charge in [-0.25, -0.2) is 0 Å². The molecule has 3 rings (SSSR count). The van der Waals surface area contributed by atoms with Crippen LogP contribution in [0.3, 0.4) is 0 Å². The molecule has 9 heteroatoms. The fraction of sp³-hybridized carbons (Fsp3) is 0.111. The Morgan fingerprint density at radius 2 is 1.63 bits per heavy atom. The van der Waals surface area contributed by atoms with E-state index in [9.17, 15) is 19.7 Å². The van der Waals surface area contributed by atoms with Crippen molar-refractivity contribution >= 4 is 35.0 Å². The van der Waals surface area contributed by atoms with E-state index in [1.165, 1.54) is 30.0 Å². The largest absolute Gasteiger partial charge is 0.395 e. The fourth-order valence-corrected chi connectivity index (χ4v) is 3.26. The predicted octanol–water partition coefficient (Wildman–Crippen LogP) is 2.40. The molecule has 2 N–H and O–H groups in total. The van der Waals surface area contributed by atoms with E-state index < -0.39 is 16.7 Å². The first-order valence-electron chi connectivity index (χ1n) is 7.96. The first kappa shape index (κ1) is 18.6. The van der Waals surface area contributed by atoms with Crippen LogP contribution in [0.15, 0.2) is 70.1 Å². The van der Waals surface area contributed by atoms with Crippen molar-refractivity contribution in [2.24, 2.45) is 0 Å². The predicted molar refractivity (Wildman–Crippen MR) is 99.2 cm³/mol. The molecule has 2 aromatic rings. The van der Waals surface area contributed by atoms with Gasteiger partial charge in [-0.1, -0.05) is 11.8 Å². The van der Waals surface area contributed by atoms with Crippen LogP contribution < -0.4 is 5.32 Å². The number of rotatable bonds is 7. The van der Waals surface area contributed by atoms with Crippen LogP contribution in [0.5, 0.6) is 0 Å². The van der Waals surface area contributed by atoms with Gasteiger partial charge in [0.15, 0.2) is 0 Å². The molecule has 1 heterocycles. The second-order valence-corrected chi connectivity index (χ2v) is 6.73.